The van der Waals surface area contributed by atoms with E-state index in [1.807, 2.05) is 23.5 Å². The Kier molecular flexibility index (Phi) is 3.94. The van der Waals surface area contributed by atoms with Crippen LogP contribution < -0.4 is 5.32 Å². The Morgan fingerprint density at radius 3 is 2.76 bits per heavy atom. The molecule has 0 aliphatic heterocycles. The van der Waals surface area contributed by atoms with E-state index in [-0.39, 0.29) is 0 Å². The van der Waals surface area contributed by atoms with Gasteiger partial charge >= 0.3 is 0 Å². The summed E-state index contributed by atoms with van der Waals surface area (Å²) >= 11 is 1.85. The molecule has 3 aromatic heterocycles. The molecule has 6 rings (SSSR count). The quantitative estimate of drug-likeness (QED) is 0.471. The summed E-state index contributed by atoms with van der Waals surface area (Å²) in [6.45, 7) is 0.846. The van der Waals surface area contributed by atoms with E-state index >= 15 is 0 Å². The lowest BCUT2D eigenvalue weighted by molar-refractivity contribution is 0.797. The maximum Gasteiger partial charge on any atom is 0.163 e. The second-order valence-electron chi connectivity index (χ2n) is 7.60. The average molecular weight is 397 g/mol. The molecule has 2 aliphatic carbocycles. The summed E-state index contributed by atoms with van der Waals surface area (Å²) in [6, 6.07) is 14.5. The summed E-state index contributed by atoms with van der Waals surface area (Å²) in [4.78, 5) is 16.6. The zero-order valence-electron chi connectivity index (χ0n) is 15.9. The minimum Gasteiger partial charge on any atom is -0.369 e. The first-order valence-corrected chi connectivity index (χ1v) is 10.9. The molecule has 2 aliphatic rings. The van der Waals surface area contributed by atoms with Crippen molar-refractivity contribution in [1.82, 2.24) is 15.0 Å². The molecule has 0 radical (unpaired) electrons. The number of nitrogens with one attached hydrogen (secondary N) is 1. The lowest BCUT2D eigenvalue weighted by Gasteiger charge is -2.26. The van der Waals surface area contributed by atoms with Gasteiger partial charge in [0.05, 0.1) is 5.39 Å². The van der Waals surface area contributed by atoms with Crippen molar-refractivity contribution in [3.05, 3.63) is 76.9 Å². The van der Waals surface area contributed by atoms with Crippen LogP contribution in [0.1, 0.15) is 34.8 Å². The van der Waals surface area contributed by atoms with Crippen LogP contribution in [0.3, 0.4) is 0 Å². The highest BCUT2D eigenvalue weighted by atomic mass is 32.1. The van der Waals surface area contributed by atoms with Gasteiger partial charge in [0.1, 0.15) is 10.6 Å². The Morgan fingerprint density at radius 1 is 1.03 bits per heavy atom. The lowest BCUT2D eigenvalue weighted by Crippen LogP contribution is -2.11. The fourth-order valence-corrected chi connectivity index (χ4v) is 5.80. The molecule has 1 unspecified atom stereocenters. The topological polar surface area (TPSA) is 50.7 Å². The van der Waals surface area contributed by atoms with Gasteiger partial charge in [-0.25, -0.2) is 9.97 Å². The molecule has 0 saturated carbocycles. The summed E-state index contributed by atoms with van der Waals surface area (Å²) in [5, 5.41) is 4.84. The number of aromatic nitrogens is 3. The maximum absolute atomic E-state index is 4.95. The van der Waals surface area contributed by atoms with Crippen LogP contribution >= 0.6 is 11.3 Å². The SMILES string of the molecule is C1=C2c3c(sc4nc(-c5ccncc5)nc(NCCc5ccccc5)c34)C2CC1. The van der Waals surface area contributed by atoms with Gasteiger partial charge in [0.2, 0.25) is 0 Å². The molecule has 0 bridgehead atoms. The molecule has 5 heteroatoms. The monoisotopic (exact) mass is 396 g/mol. The van der Waals surface area contributed by atoms with Crippen LogP contribution in [-0.2, 0) is 6.42 Å². The zero-order valence-corrected chi connectivity index (χ0v) is 16.7. The number of anilines is 1. The summed E-state index contributed by atoms with van der Waals surface area (Å²) in [5.74, 6) is 2.36. The van der Waals surface area contributed by atoms with Crippen molar-refractivity contribution in [3.8, 4) is 11.4 Å². The first kappa shape index (κ1) is 16.9. The first-order chi connectivity index (χ1) is 14.4. The molecule has 1 atom stereocenters. The number of nitrogens with zero attached hydrogens (tertiary/aromatic N) is 3. The second-order valence-corrected chi connectivity index (χ2v) is 8.64. The van der Waals surface area contributed by atoms with Gasteiger partial charge in [0, 0.05) is 40.9 Å². The van der Waals surface area contributed by atoms with E-state index in [2.05, 4.69) is 46.7 Å². The third-order valence-electron chi connectivity index (χ3n) is 5.87. The molecule has 3 heterocycles. The molecule has 142 valence electrons. The Hall–Kier alpha value is -3.05. The molecule has 1 aromatic carbocycles. The number of rotatable bonds is 5. The molecule has 4 aromatic rings. The fraction of sp³-hybridized carbons (Fsp3) is 0.208. The van der Waals surface area contributed by atoms with Crippen molar-refractivity contribution in [2.24, 2.45) is 0 Å². The number of benzene rings is 1. The normalized spacial score (nSPS) is 16.8. The summed E-state index contributed by atoms with van der Waals surface area (Å²) in [7, 11) is 0. The van der Waals surface area contributed by atoms with Crippen molar-refractivity contribution in [2.75, 3.05) is 11.9 Å². The smallest absolute Gasteiger partial charge is 0.163 e. The maximum atomic E-state index is 4.95. The molecule has 0 spiro atoms. The summed E-state index contributed by atoms with van der Waals surface area (Å²) in [5.41, 5.74) is 5.24. The molecule has 4 nitrogen and oxygen atoms in total. The van der Waals surface area contributed by atoms with Crippen molar-refractivity contribution in [1.29, 1.82) is 0 Å². The summed E-state index contributed by atoms with van der Waals surface area (Å²) in [6.07, 6.45) is 9.40. The third-order valence-corrected chi connectivity index (χ3v) is 7.06. The van der Waals surface area contributed by atoms with Crippen molar-refractivity contribution >= 4 is 32.9 Å². The highest BCUT2D eigenvalue weighted by Crippen LogP contribution is 2.59. The van der Waals surface area contributed by atoms with E-state index in [4.69, 9.17) is 9.97 Å². The Balaban J connectivity index is 1.42. The Labute approximate surface area is 173 Å². The van der Waals surface area contributed by atoms with Gasteiger partial charge in [-0.2, -0.15) is 0 Å². The van der Waals surface area contributed by atoms with E-state index in [0.29, 0.717) is 5.92 Å². The molecule has 0 amide bonds. The molecular formula is C24H20N4S. The Morgan fingerprint density at radius 2 is 1.90 bits per heavy atom. The average Bonchev–Trinajstić information content (AvgIpc) is 3.32. The predicted molar refractivity (Wildman–Crippen MR) is 119 cm³/mol. The van der Waals surface area contributed by atoms with Crippen LogP contribution in [0.4, 0.5) is 5.82 Å². The van der Waals surface area contributed by atoms with Crippen LogP contribution in [0.5, 0.6) is 0 Å². The zero-order chi connectivity index (χ0) is 19.2. The number of pyridine rings is 1. The molecule has 0 fully saturated rings. The van der Waals surface area contributed by atoms with E-state index in [9.17, 15) is 0 Å². The predicted octanol–water partition coefficient (Wildman–Crippen LogP) is 5.68. The number of fused-ring (bicyclic) bond motifs is 6. The van der Waals surface area contributed by atoms with Gasteiger partial charge < -0.3 is 5.32 Å². The van der Waals surface area contributed by atoms with Crippen molar-refractivity contribution in [3.63, 3.8) is 0 Å². The van der Waals surface area contributed by atoms with Gasteiger partial charge in [0.15, 0.2) is 5.82 Å². The third kappa shape index (κ3) is 2.76. The largest absolute Gasteiger partial charge is 0.369 e. The highest BCUT2D eigenvalue weighted by molar-refractivity contribution is 7.19. The van der Waals surface area contributed by atoms with E-state index in [0.717, 1.165) is 35.0 Å². The van der Waals surface area contributed by atoms with Gasteiger partial charge in [-0.05, 0) is 42.5 Å². The Bertz CT molecular complexity index is 1230. The number of thiophene rings is 1. The molecule has 29 heavy (non-hydrogen) atoms. The van der Waals surface area contributed by atoms with Crippen LogP contribution in [0.25, 0.3) is 27.2 Å². The van der Waals surface area contributed by atoms with E-state index < -0.39 is 0 Å². The number of hydrogen-bond acceptors (Lipinski definition) is 5. The molecular weight excluding hydrogens is 376 g/mol. The highest BCUT2D eigenvalue weighted by Gasteiger charge is 2.39. The van der Waals surface area contributed by atoms with Crippen LogP contribution in [-0.4, -0.2) is 21.5 Å². The van der Waals surface area contributed by atoms with Crippen molar-refractivity contribution < 1.29 is 0 Å². The first-order valence-electron chi connectivity index (χ1n) is 10.1. The van der Waals surface area contributed by atoms with Crippen LogP contribution in [0.2, 0.25) is 0 Å². The molecule has 0 saturated heterocycles. The second kappa shape index (κ2) is 6.78. The fourth-order valence-electron chi connectivity index (χ4n) is 4.45. The van der Waals surface area contributed by atoms with Crippen LogP contribution in [0, 0.1) is 0 Å². The minimum atomic E-state index is 0.630. The van der Waals surface area contributed by atoms with Gasteiger partial charge in [-0.1, -0.05) is 36.4 Å². The van der Waals surface area contributed by atoms with E-state index in [1.165, 1.54) is 39.8 Å². The van der Waals surface area contributed by atoms with E-state index in [1.54, 1.807) is 12.4 Å². The number of hydrogen-bond donors (Lipinski definition) is 1. The number of allylic oxidation sites excluding steroid dienone is 2. The lowest BCUT2D eigenvalue weighted by atomic mass is 9.80. The van der Waals surface area contributed by atoms with Crippen LogP contribution in [0.15, 0.2) is 60.9 Å². The van der Waals surface area contributed by atoms with Gasteiger partial charge in [-0.15, -0.1) is 11.3 Å². The van der Waals surface area contributed by atoms with Gasteiger partial charge in [-0.3, -0.25) is 4.98 Å². The van der Waals surface area contributed by atoms with Crippen molar-refractivity contribution in [2.45, 2.75) is 25.2 Å². The molecule has 1 N–H and O–H groups in total. The summed E-state index contributed by atoms with van der Waals surface area (Å²) < 4.78 is 0. The standard InChI is InChI=1S/C24H20N4S/c1-2-5-15(6-3-1)9-14-26-23-20-19-17-7-4-8-18(17)21(19)29-24(20)28-22(27-23)16-10-12-25-13-11-16/h1-3,5-7,10-13,18H,4,8-9,14H2,(H,26,27,28). The minimum absolute atomic E-state index is 0.630. The van der Waals surface area contributed by atoms with Gasteiger partial charge in [0.25, 0.3) is 0 Å².